The molecule has 25 heavy (non-hydrogen) atoms. The van der Waals surface area contributed by atoms with E-state index in [0.29, 0.717) is 13.2 Å². The van der Waals surface area contributed by atoms with Gasteiger partial charge in [0.05, 0.1) is 13.2 Å². The van der Waals surface area contributed by atoms with Crippen LogP contribution in [0.5, 0.6) is 11.5 Å². The summed E-state index contributed by atoms with van der Waals surface area (Å²) in [5.41, 5.74) is 0.945. The van der Waals surface area contributed by atoms with Gasteiger partial charge in [-0.25, -0.2) is 0 Å². The molecule has 2 N–H and O–H groups in total. The summed E-state index contributed by atoms with van der Waals surface area (Å²) in [5, 5.41) is 6.68. The molecule has 0 radical (unpaired) electrons. The first-order valence-corrected chi connectivity index (χ1v) is 9.36. The van der Waals surface area contributed by atoms with E-state index in [4.69, 9.17) is 9.47 Å². The molecule has 140 valence electrons. The first-order chi connectivity index (χ1) is 12.3. The first kappa shape index (κ1) is 19.4. The first-order valence-electron chi connectivity index (χ1n) is 9.36. The fourth-order valence-electron chi connectivity index (χ4n) is 2.76. The van der Waals surface area contributed by atoms with Gasteiger partial charge >= 0.3 is 0 Å². The highest BCUT2D eigenvalue weighted by Gasteiger charge is 2.11. The number of hydrogen-bond acceptors (Lipinski definition) is 4. The third kappa shape index (κ3) is 6.46. The van der Waals surface area contributed by atoms with E-state index in [2.05, 4.69) is 34.4 Å². The average molecular weight is 348 g/mol. The Morgan fingerprint density at radius 1 is 1.12 bits per heavy atom. The second kappa shape index (κ2) is 10.8. The summed E-state index contributed by atoms with van der Waals surface area (Å²) < 4.78 is 11.4. The molecule has 0 aliphatic carbocycles. The van der Waals surface area contributed by atoms with Crippen molar-refractivity contribution >= 4 is 11.6 Å². The van der Waals surface area contributed by atoms with Gasteiger partial charge < -0.3 is 25.0 Å². The minimum atomic E-state index is 0.690. The number of benzene rings is 1. The topological polar surface area (TPSA) is 58.1 Å². The van der Waals surface area contributed by atoms with Crippen molar-refractivity contribution in [2.45, 2.75) is 33.1 Å². The van der Waals surface area contributed by atoms with E-state index >= 15 is 0 Å². The van der Waals surface area contributed by atoms with Crippen LogP contribution in [0.1, 0.15) is 33.1 Å². The number of aliphatic imine (C=N–C) groups is 1. The van der Waals surface area contributed by atoms with Gasteiger partial charge in [-0.3, -0.25) is 4.99 Å². The molecule has 0 fully saturated rings. The van der Waals surface area contributed by atoms with Crippen molar-refractivity contribution in [1.29, 1.82) is 0 Å². The van der Waals surface area contributed by atoms with Gasteiger partial charge in [-0.2, -0.15) is 0 Å². The van der Waals surface area contributed by atoms with Crippen molar-refractivity contribution in [3.8, 4) is 11.5 Å². The van der Waals surface area contributed by atoms with Crippen LogP contribution in [-0.4, -0.2) is 57.3 Å². The van der Waals surface area contributed by atoms with Crippen molar-refractivity contribution in [3.63, 3.8) is 0 Å². The van der Waals surface area contributed by atoms with Crippen molar-refractivity contribution in [2.24, 2.45) is 4.99 Å². The van der Waals surface area contributed by atoms with Gasteiger partial charge in [0.2, 0.25) is 0 Å². The molecule has 0 atom stereocenters. The molecule has 0 bridgehead atoms. The van der Waals surface area contributed by atoms with Gasteiger partial charge in [0.15, 0.2) is 17.5 Å². The minimum absolute atomic E-state index is 0.690. The Kier molecular flexibility index (Phi) is 8.39. The van der Waals surface area contributed by atoms with Crippen LogP contribution in [-0.2, 0) is 0 Å². The highest BCUT2D eigenvalue weighted by atomic mass is 16.5. The molecular formula is C19H32N4O2. The van der Waals surface area contributed by atoms with Crippen LogP contribution < -0.4 is 20.1 Å². The molecule has 1 aromatic rings. The molecule has 0 saturated carbocycles. The smallest absolute Gasteiger partial charge is 0.195 e. The maximum absolute atomic E-state index is 5.73. The number of rotatable bonds is 8. The van der Waals surface area contributed by atoms with E-state index in [-0.39, 0.29) is 0 Å². The summed E-state index contributed by atoms with van der Waals surface area (Å²) in [6.45, 7) is 10.1. The molecule has 0 aromatic heterocycles. The Labute approximate surface area is 151 Å². The molecule has 1 aliphatic rings. The lowest BCUT2D eigenvalue weighted by Gasteiger charge is -2.18. The van der Waals surface area contributed by atoms with Crippen LogP contribution >= 0.6 is 0 Å². The van der Waals surface area contributed by atoms with Crippen LogP contribution in [0.2, 0.25) is 0 Å². The second-order valence-corrected chi connectivity index (χ2v) is 6.07. The van der Waals surface area contributed by atoms with E-state index in [1.165, 1.54) is 6.42 Å². The monoisotopic (exact) mass is 348 g/mol. The molecule has 1 heterocycles. The molecule has 0 amide bonds. The Balaban J connectivity index is 1.77. The Bertz CT molecular complexity index is 544. The Hall–Kier alpha value is -1.95. The molecular weight excluding hydrogens is 316 g/mol. The predicted octanol–water partition coefficient (Wildman–Crippen LogP) is 2.96. The van der Waals surface area contributed by atoms with Crippen LogP contribution in [0.25, 0.3) is 0 Å². The maximum Gasteiger partial charge on any atom is 0.195 e. The lowest BCUT2D eigenvalue weighted by molar-refractivity contribution is 0.297. The molecule has 2 rings (SSSR count). The predicted molar refractivity (Wildman–Crippen MR) is 104 cm³/mol. The summed E-state index contributed by atoms with van der Waals surface area (Å²) >= 11 is 0. The quantitative estimate of drug-likeness (QED) is 0.430. The van der Waals surface area contributed by atoms with Crippen LogP contribution in [0, 0.1) is 0 Å². The van der Waals surface area contributed by atoms with Crippen molar-refractivity contribution in [2.75, 3.05) is 51.8 Å². The molecule has 1 aliphatic heterocycles. The number of fused-ring (bicyclic) bond motifs is 1. The fourth-order valence-corrected chi connectivity index (χ4v) is 2.76. The zero-order valence-electron chi connectivity index (χ0n) is 15.8. The zero-order chi connectivity index (χ0) is 17.9. The largest absolute Gasteiger partial charge is 0.490 e. The van der Waals surface area contributed by atoms with Crippen LogP contribution in [0.4, 0.5) is 5.69 Å². The van der Waals surface area contributed by atoms with Crippen molar-refractivity contribution < 1.29 is 9.47 Å². The van der Waals surface area contributed by atoms with E-state index in [9.17, 15) is 0 Å². The van der Waals surface area contributed by atoms with Crippen LogP contribution in [0.15, 0.2) is 23.2 Å². The normalized spacial score (nSPS) is 14.3. The van der Waals surface area contributed by atoms with Gasteiger partial charge in [-0.1, -0.05) is 13.8 Å². The van der Waals surface area contributed by atoms with E-state index in [1.807, 2.05) is 18.2 Å². The molecule has 0 unspecified atom stereocenters. The second-order valence-electron chi connectivity index (χ2n) is 6.07. The van der Waals surface area contributed by atoms with Crippen molar-refractivity contribution in [1.82, 2.24) is 10.2 Å². The summed E-state index contributed by atoms with van der Waals surface area (Å²) in [6.07, 6.45) is 3.22. The summed E-state index contributed by atoms with van der Waals surface area (Å²) in [5.74, 6) is 2.37. The standard InChI is InChI=1S/C19H32N4O2/c1-4-23(5-2)12-7-6-11-21-19(20-3)22-16-9-10-17-18(15-16)25-14-8-13-24-17/h9-10,15H,4-8,11-14H2,1-3H3,(H2,20,21,22). The highest BCUT2D eigenvalue weighted by molar-refractivity contribution is 5.93. The minimum Gasteiger partial charge on any atom is -0.490 e. The number of ether oxygens (including phenoxy) is 2. The summed E-state index contributed by atoms with van der Waals surface area (Å²) in [6, 6.07) is 5.90. The third-order valence-electron chi connectivity index (χ3n) is 4.32. The number of nitrogens with one attached hydrogen (secondary N) is 2. The number of hydrogen-bond donors (Lipinski definition) is 2. The number of nitrogens with zero attached hydrogens (tertiary/aromatic N) is 2. The molecule has 0 saturated heterocycles. The van der Waals surface area contributed by atoms with E-state index in [1.54, 1.807) is 7.05 Å². The number of guanidine groups is 1. The zero-order valence-corrected chi connectivity index (χ0v) is 15.8. The average Bonchev–Trinajstić information content (AvgIpc) is 2.88. The summed E-state index contributed by atoms with van der Waals surface area (Å²) in [4.78, 5) is 6.74. The van der Waals surface area contributed by atoms with Crippen LogP contribution in [0.3, 0.4) is 0 Å². The molecule has 6 heteroatoms. The van der Waals surface area contributed by atoms with Gasteiger partial charge in [0.1, 0.15) is 0 Å². The highest BCUT2D eigenvalue weighted by Crippen LogP contribution is 2.32. The maximum atomic E-state index is 5.73. The van der Waals surface area contributed by atoms with E-state index < -0.39 is 0 Å². The lowest BCUT2D eigenvalue weighted by atomic mass is 10.2. The van der Waals surface area contributed by atoms with Gasteiger partial charge in [0.25, 0.3) is 0 Å². The lowest BCUT2D eigenvalue weighted by Crippen LogP contribution is -2.32. The third-order valence-corrected chi connectivity index (χ3v) is 4.32. The Morgan fingerprint density at radius 3 is 2.60 bits per heavy atom. The molecule has 0 spiro atoms. The summed E-state index contributed by atoms with van der Waals surface area (Å²) in [7, 11) is 1.79. The SMILES string of the molecule is CCN(CC)CCCCNC(=NC)Nc1ccc2c(c1)OCCCO2. The van der Waals surface area contributed by atoms with Crippen molar-refractivity contribution in [3.05, 3.63) is 18.2 Å². The van der Waals surface area contributed by atoms with E-state index in [0.717, 1.165) is 62.2 Å². The Morgan fingerprint density at radius 2 is 1.88 bits per heavy atom. The molecule has 6 nitrogen and oxygen atoms in total. The number of anilines is 1. The van der Waals surface area contributed by atoms with Gasteiger partial charge in [-0.05, 0) is 44.6 Å². The molecule has 1 aromatic carbocycles. The number of unbranched alkanes of at least 4 members (excludes halogenated alkanes) is 1. The van der Waals surface area contributed by atoms with Gasteiger partial charge in [-0.15, -0.1) is 0 Å². The van der Waals surface area contributed by atoms with Gasteiger partial charge in [0, 0.05) is 31.8 Å². The fraction of sp³-hybridized carbons (Fsp3) is 0.632.